The fourth-order valence-corrected chi connectivity index (χ4v) is 1.52. The molecule has 0 radical (unpaired) electrons. The zero-order valence-corrected chi connectivity index (χ0v) is 8.24. The van der Waals surface area contributed by atoms with Crippen LogP contribution in [0, 0.1) is 0 Å². The molecule has 2 atom stereocenters. The highest BCUT2D eigenvalue weighted by Crippen LogP contribution is 2.15. The Hall–Kier alpha value is -0.480. The Kier molecular flexibility index (Phi) is 4.32. The van der Waals surface area contributed by atoms with E-state index in [0.717, 1.165) is 19.3 Å². The number of hydrogen-bond acceptors (Lipinski definition) is 3. The number of rotatable bonds is 1. The van der Waals surface area contributed by atoms with Crippen LogP contribution < -0.4 is 0 Å². The highest BCUT2D eigenvalue weighted by atomic mass is 32.1. The number of carbonyl (C=O) groups excluding carboxylic acids is 1. The van der Waals surface area contributed by atoms with Gasteiger partial charge in [0.25, 0.3) is 0 Å². The van der Waals surface area contributed by atoms with E-state index in [2.05, 4.69) is 12.6 Å². The highest BCUT2D eigenvalue weighted by Gasteiger charge is 2.12. The molecule has 0 bridgehead atoms. The number of thiol groups is 1. The van der Waals surface area contributed by atoms with Gasteiger partial charge in [0.2, 0.25) is 0 Å². The molecule has 0 aromatic carbocycles. The molecule has 1 aliphatic carbocycles. The first-order valence-electron chi connectivity index (χ1n) is 4.43. The Morgan fingerprint density at radius 3 is 3.00 bits per heavy atom. The van der Waals surface area contributed by atoms with Crippen molar-refractivity contribution in [3.8, 4) is 0 Å². The predicted octanol–water partition coefficient (Wildman–Crippen LogP) is 1.91. The molecule has 0 fully saturated rings. The van der Waals surface area contributed by atoms with E-state index < -0.39 is 5.30 Å². The summed E-state index contributed by atoms with van der Waals surface area (Å²) in [4.78, 5) is 10.5. The highest BCUT2D eigenvalue weighted by molar-refractivity contribution is 7.96. The van der Waals surface area contributed by atoms with Gasteiger partial charge in [-0.2, -0.15) is 0 Å². The van der Waals surface area contributed by atoms with Crippen LogP contribution in [0.25, 0.3) is 0 Å². The van der Waals surface area contributed by atoms with Crippen LogP contribution in [0.4, 0.5) is 4.79 Å². The van der Waals surface area contributed by atoms with Gasteiger partial charge < -0.3 is 9.84 Å². The Morgan fingerprint density at radius 2 is 2.31 bits per heavy atom. The van der Waals surface area contributed by atoms with Crippen molar-refractivity contribution in [1.82, 2.24) is 0 Å². The predicted molar refractivity (Wildman–Crippen MR) is 52.9 cm³/mol. The molecule has 4 heteroatoms. The fraction of sp³-hybridized carbons (Fsp3) is 0.667. The van der Waals surface area contributed by atoms with Crippen molar-refractivity contribution < 1.29 is 14.6 Å². The van der Waals surface area contributed by atoms with E-state index in [-0.39, 0.29) is 12.2 Å². The largest absolute Gasteiger partial charge is 0.450 e. The first-order valence-corrected chi connectivity index (χ1v) is 4.87. The fourth-order valence-electron chi connectivity index (χ4n) is 1.38. The van der Waals surface area contributed by atoms with E-state index in [1.807, 2.05) is 12.2 Å². The lowest BCUT2D eigenvalue weighted by atomic mass is 10.0. The van der Waals surface area contributed by atoms with Crippen LogP contribution in [-0.4, -0.2) is 22.6 Å². The minimum absolute atomic E-state index is 0.169. The summed E-state index contributed by atoms with van der Waals surface area (Å²) in [6, 6.07) is 0. The second-order valence-electron chi connectivity index (χ2n) is 3.17. The quantitative estimate of drug-likeness (QED) is 0.388. The smallest absolute Gasteiger partial charge is 0.364 e. The van der Waals surface area contributed by atoms with Crippen molar-refractivity contribution in [3.63, 3.8) is 0 Å². The van der Waals surface area contributed by atoms with Crippen molar-refractivity contribution in [1.29, 1.82) is 0 Å². The molecule has 0 amide bonds. The maximum Gasteiger partial charge on any atom is 0.364 e. The monoisotopic (exact) mass is 202 g/mol. The number of aliphatic hydroxyl groups is 1. The molecule has 0 aromatic rings. The molecule has 0 aromatic heterocycles. The van der Waals surface area contributed by atoms with Crippen LogP contribution in [0.3, 0.4) is 0 Å². The van der Waals surface area contributed by atoms with Crippen LogP contribution in [0.5, 0.6) is 0 Å². The topological polar surface area (TPSA) is 46.5 Å². The van der Waals surface area contributed by atoms with E-state index in [0.29, 0.717) is 6.42 Å². The summed E-state index contributed by atoms with van der Waals surface area (Å²) in [7, 11) is 0. The molecule has 13 heavy (non-hydrogen) atoms. The van der Waals surface area contributed by atoms with Crippen LogP contribution in [0.1, 0.15) is 25.7 Å². The van der Waals surface area contributed by atoms with E-state index >= 15 is 0 Å². The maximum absolute atomic E-state index is 10.5. The molecule has 2 unspecified atom stereocenters. The molecule has 0 saturated heterocycles. The minimum atomic E-state index is -0.546. The Labute approximate surface area is 83.2 Å². The number of ether oxygens (including phenoxy) is 1. The molecule has 0 saturated carbocycles. The average molecular weight is 202 g/mol. The Morgan fingerprint density at radius 1 is 1.54 bits per heavy atom. The molecule has 1 N–H and O–H groups in total. The molecule has 0 heterocycles. The molecule has 1 rings (SSSR count). The first kappa shape index (κ1) is 10.6. The van der Waals surface area contributed by atoms with Gasteiger partial charge in [-0.3, -0.25) is 0 Å². The summed E-state index contributed by atoms with van der Waals surface area (Å²) in [5.41, 5.74) is 0. The third-order valence-corrected chi connectivity index (χ3v) is 2.14. The molecule has 1 aliphatic rings. The molecule has 74 valence electrons. The summed E-state index contributed by atoms with van der Waals surface area (Å²) in [5.74, 6) is 0. The van der Waals surface area contributed by atoms with Gasteiger partial charge in [-0.1, -0.05) is 18.7 Å². The van der Waals surface area contributed by atoms with Gasteiger partial charge in [-0.15, -0.1) is 0 Å². The van der Waals surface area contributed by atoms with Crippen molar-refractivity contribution in [3.05, 3.63) is 12.2 Å². The lowest BCUT2D eigenvalue weighted by Gasteiger charge is -2.16. The summed E-state index contributed by atoms with van der Waals surface area (Å²) in [6.07, 6.45) is 6.30. The average Bonchev–Trinajstić information content (AvgIpc) is 1.99. The SMILES string of the molecule is O=C(S)OC1/C=C/CC(O)CCC1. The van der Waals surface area contributed by atoms with E-state index in [1.54, 1.807) is 0 Å². The molecular weight excluding hydrogens is 188 g/mol. The lowest BCUT2D eigenvalue weighted by molar-refractivity contribution is 0.125. The summed E-state index contributed by atoms with van der Waals surface area (Å²) < 4.78 is 4.92. The van der Waals surface area contributed by atoms with Gasteiger partial charge in [0.1, 0.15) is 6.10 Å². The summed E-state index contributed by atoms with van der Waals surface area (Å²) in [5, 5.41) is 8.76. The first-order chi connectivity index (χ1) is 6.18. The zero-order chi connectivity index (χ0) is 9.68. The van der Waals surface area contributed by atoms with Crippen molar-refractivity contribution in [2.24, 2.45) is 0 Å². The minimum Gasteiger partial charge on any atom is -0.450 e. The summed E-state index contributed by atoms with van der Waals surface area (Å²) >= 11 is 3.54. The van der Waals surface area contributed by atoms with Crippen LogP contribution in [-0.2, 0) is 4.74 Å². The van der Waals surface area contributed by atoms with Gasteiger partial charge in [0.15, 0.2) is 0 Å². The Balaban J connectivity index is 2.42. The van der Waals surface area contributed by atoms with Crippen LogP contribution in [0.15, 0.2) is 12.2 Å². The van der Waals surface area contributed by atoms with Crippen molar-refractivity contribution in [2.45, 2.75) is 37.9 Å². The second-order valence-corrected chi connectivity index (χ2v) is 3.54. The number of carbonyl (C=O) groups is 1. The number of aliphatic hydroxyl groups excluding tert-OH is 1. The second kappa shape index (κ2) is 5.29. The van der Waals surface area contributed by atoms with Crippen LogP contribution in [0.2, 0.25) is 0 Å². The van der Waals surface area contributed by atoms with Gasteiger partial charge in [0.05, 0.1) is 6.10 Å². The molecule has 0 aliphatic heterocycles. The Bertz CT molecular complexity index is 203. The zero-order valence-electron chi connectivity index (χ0n) is 7.35. The molecule has 0 spiro atoms. The van der Waals surface area contributed by atoms with Gasteiger partial charge >= 0.3 is 5.30 Å². The standard InChI is InChI=1S/C9H14O3S/c10-7-3-1-5-8(6-2-4-7)12-9(11)13/h1,5,7-8,10H,2-4,6H2,(H,11,13)/b5-1+. The van der Waals surface area contributed by atoms with Gasteiger partial charge in [-0.25, -0.2) is 4.79 Å². The van der Waals surface area contributed by atoms with Crippen LogP contribution >= 0.6 is 12.6 Å². The normalized spacial score (nSPS) is 31.5. The van der Waals surface area contributed by atoms with E-state index in [1.165, 1.54) is 0 Å². The van der Waals surface area contributed by atoms with Gasteiger partial charge in [-0.05, 0) is 31.8 Å². The van der Waals surface area contributed by atoms with E-state index in [9.17, 15) is 9.90 Å². The third-order valence-electron chi connectivity index (χ3n) is 2.04. The van der Waals surface area contributed by atoms with Crippen molar-refractivity contribution in [2.75, 3.05) is 0 Å². The van der Waals surface area contributed by atoms with Gasteiger partial charge in [0, 0.05) is 0 Å². The van der Waals surface area contributed by atoms with E-state index in [4.69, 9.17) is 4.74 Å². The molecule has 3 nitrogen and oxygen atoms in total. The molecular formula is C9H14O3S. The third kappa shape index (κ3) is 4.33. The summed E-state index contributed by atoms with van der Waals surface area (Å²) in [6.45, 7) is 0. The van der Waals surface area contributed by atoms with Crippen molar-refractivity contribution >= 4 is 17.9 Å². The number of hydrogen-bond donors (Lipinski definition) is 2. The lowest BCUT2D eigenvalue weighted by Crippen LogP contribution is -2.16. The maximum atomic E-state index is 10.5.